The van der Waals surface area contributed by atoms with Crippen LogP contribution in [0.3, 0.4) is 0 Å². The number of halogens is 1. The maximum atomic E-state index is 5.80. The van der Waals surface area contributed by atoms with Crippen LogP contribution in [0.5, 0.6) is 11.5 Å². The van der Waals surface area contributed by atoms with Crippen molar-refractivity contribution in [3.05, 3.63) is 45.7 Å². The van der Waals surface area contributed by atoms with Gasteiger partial charge in [0, 0.05) is 15.3 Å². The van der Waals surface area contributed by atoms with E-state index >= 15 is 0 Å². The Morgan fingerprint density at radius 2 is 2.00 bits per heavy atom. The quantitative estimate of drug-likeness (QED) is 0.512. The summed E-state index contributed by atoms with van der Waals surface area (Å²) in [5, 5.41) is 0. The minimum absolute atomic E-state index is 0.519. The molecule has 5 heteroatoms. The van der Waals surface area contributed by atoms with Gasteiger partial charge in [-0.1, -0.05) is 6.07 Å². The van der Waals surface area contributed by atoms with Crippen molar-refractivity contribution in [2.24, 2.45) is 5.84 Å². The summed E-state index contributed by atoms with van der Waals surface area (Å²) in [6, 6.07) is 9.54. The number of nitrogens with two attached hydrogens (primary N) is 1. The fourth-order valence-electron chi connectivity index (χ4n) is 1.40. The molecule has 0 unspecified atom stereocenters. The third-order valence-electron chi connectivity index (χ3n) is 2.35. The monoisotopic (exact) mass is 341 g/mol. The van der Waals surface area contributed by atoms with Gasteiger partial charge in [0.05, 0.1) is 0 Å². The van der Waals surface area contributed by atoms with Crippen LogP contribution in [0.25, 0.3) is 0 Å². The molecule has 0 spiro atoms. The van der Waals surface area contributed by atoms with Gasteiger partial charge in [0.2, 0.25) is 0 Å². The second-order valence-electron chi connectivity index (χ2n) is 3.46. The lowest BCUT2D eigenvalue weighted by molar-refractivity contribution is 0.478. The van der Waals surface area contributed by atoms with Crippen molar-refractivity contribution in [1.82, 2.24) is 4.98 Å². The van der Waals surface area contributed by atoms with Crippen LogP contribution in [0.15, 0.2) is 36.5 Å². The summed E-state index contributed by atoms with van der Waals surface area (Å²) < 4.78 is 6.96. The minimum Gasteiger partial charge on any atom is -0.453 e. The minimum atomic E-state index is 0.519. The number of aromatic nitrogens is 1. The van der Waals surface area contributed by atoms with Crippen molar-refractivity contribution in [3.8, 4) is 11.5 Å². The van der Waals surface area contributed by atoms with Crippen LogP contribution in [-0.2, 0) is 0 Å². The fourth-order valence-corrected chi connectivity index (χ4v) is 1.87. The van der Waals surface area contributed by atoms with Crippen molar-refractivity contribution in [3.63, 3.8) is 0 Å². The molecule has 0 saturated heterocycles. The SMILES string of the molecule is Cc1c(I)cccc1Oc1cccnc1NN. The molecule has 0 bridgehead atoms. The molecule has 4 nitrogen and oxygen atoms in total. The molecule has 0 aliphatic rings. The zero-order valence-corrected chi connectivity index (χ0v) is 11.4. The van der Waals surface area contributed by atoms with E-state index < -0.39 is 0 Å². The van der Waals surface area contributed by atoms with E-state index in [0.717, 1.165) is 14.9 Å². The number of hydrazine groups is 1. The highest BCUT2D eigenvalue weighted by Gasteiger charge is 2.07. The van der Waals surface area contributed by atoms with Crippen molar-refractivity contribution >= 4 is 28.4 Å². The number of nitrogen functional groups attached to an aromatic ring is 1. The van der Waals surface area contributed by atoms with E-state index in [1.807, 2.05) is 31.2 Å². The maximum Gasteiger partial charge on any atom is 0.183 e. The van der Waals surface area contributed by atoms with Crippen molar-refractivity contribution in [2.75, 3.05) is 5.43 Å². The van der Waals surface area contributed by atoms with E-state index in [1.165, 1.54) is 0 Å². The van der Waals surface area contributed by atoms with Gasteiger partial charge in [-0.05, 0) is 53.8 Å². The highest BCUT2D eigenvalue weighted by atomic mass is 127. The summed E-state index contributed by atoms with van der Waals surface area (Å²) in [6.07, 6.45) is 1.66. The van der Waals surface area contributed by atoms with E-state index in [1.54, 1.807) is 12.3 Å². The second-order valence-corrected chi connectivity index (χ2v) is 4.62. The molecular formula is C12H12IN3O. The van der Waals surface area contributed by atoms with Crippen LogP contribution in [-0.4, -0.2) is 4.98 Å². The van der Waals surface area contributed by atoms with Gasteiger partial charge in [-0.3, -0.25) is 0 Å². The first-order valence-corrected chi connectivity index (χ1v) is 6.15. The molecule has 0 fully saturated rings. The molecule has 88 valence electrons. The van der Waals surface area contributed by atoms with Crippen LogP contribution >= 0.6 is 22.6 Å². The van der Waals surface area contributed by atoms with Crippen molar-refractivity contribution in [1.29, 1.82) is 0 Å². The van der Waals surface area contributed by atoms with Crippen LogP contribution in [0.4, 0.5) is 5.82 Å². The summed E-state index contributed by atoms with van der Waals surface area (Å²) in [6.45, 7) is 2.02. The molecule has 0 radical (unpaired) electrons. The molecule has 0 aliphatic heterocycles. The van der Waals surface area contributed by atoms with Gasteiger partial charge in [-0.2, -0.15) is 0 Å². The number of nitrogens with zero attached hydrogens (tertiary/aromatic N) is 1. The lowest BCUT2D eigenvalue weighted by Crippen LogP contribution is -2.09. The zero-order chi connectivity index (χ0) is 12.3. The number of anilines is 1. The van der Waals surface area contributed by atoms with E-state index in [2.05, 4.69) is 33.0 Å². The molecule has 17 heavy (non-hydrogen) atoms. The Hall–Kier alpha value is -1.34. The van der Waals surface area contributed by atoms with Crippen LogP contribution in [0.1, 0.15) is 5.56 Å². The Bertz CT molecular complexity index is 531. The Kier molecular flexibility index (Phi) is 3.80. The van der Waals surface area contributed by atoms with E-state index in [9.17, 15) is 0 Å². The largest absolute Gasteiger partial charge is 0.453 e. The van der Waals surface area contributed by atoms with Gasteiger partial charge in [0.15, 0.2) is 11.6 Å². The van der Waals surface area contributed by atoms with Gasteiger partial charge < -0.3 is 10.2 Å². The summed E-state index contributed by atoms with van der Waals surface area (Å²) in [4.78, 5) is 4.08. The maximum absolute atomic E-state index is 5.80. The van der Waals surface area contributed by atoms with Crippen LogP contribution in [0, 0.1) is 10.5 Å². The first-order chi connectivity index (χ1) is 8.22. The number of rotatable bonds is 3. The molecule has 1 aromatic carbocycles. The lowest BCUT2D eigenvalue weighted by Gasteiger charge is -2.12. The van der Waals surface area contributed by atoms with Gasteiger partial charge in [-0.15, -0.1) is 0 Å². The Morgan fingerprint density at radius 3 is 2.76 bits per heavy atom. The molecular weight excluding hydrogens is 329 g/mol. The highest BCUT2D eigenvalue weighted by molar-refractivity contribution is 14.1. The molecule has 2 aromatic rings. The number of nitrogens with one attached hydrogen (secondary N) is 1. The Morgan fingerprint density at radius 1 is 1.24 bits per heavy atom. The number of pyridine rings is 1. The second kappa shape index (κ2) is 5.33. The third-order valence-corrected chi connectivity index (χ3v) is 3.51. The van der Waals surface area contributed by atoms with Crippen LogP contribution in [0.2, 0.25) is 0 Å². The molecule has 0 aliphatic carbocycles. The summed E-state index contributed by atoms with van der Waals surface area (Å²) >= 11 is 2.27. The van der Waals surface area contributed by atoms with Gasteiger partial charge >= 0.3 is 0 Å². The number of hydrogen-bond acceptors (Lipinski definition) is 4. The third kappa shape index (κ3) is 2.67. The summed E-state index contributed by atoms with van der Waals surface area (Å²) in [7, 11) is 0. The van der Waals surface area contributed by atoms with Gasteiger partial charge in [-0.25, -0.2) is 10.8 Å². The molecule has 0 atom stereocenters. The number of ether oxygens (including phenoxy) is 1. The fraction of sp³-hybridized carbons (Fsp3) is 0.0833. The van der Waals surface area contributed by atoms with Crippen molar-refractivity contribution in [2.45, 2.75) is 6.92 Å². The molecule has 2 rings (SSSR count). The van der Waals surface area contributed by atoms with E-state index in [0.29, 0.717) is 11.6 Å². The molecule has 3 N–H and O–H groups in total. The predicted molar refractivity (Wildman–Crippen MR) is 76.0 cm³/mol. The average Bonchev–Trinajstić information content (AvgIpc) is 2.35. The first-order valence-electron chi connectivity index (χ1n) is 5.07. The molecule has 1 aromatic heterocycles. The van der Waals surface area contributed by atoms with Gasteiger partial charge in [0.1, 0.15) is 5.75 Å². The first kappa shape index (κ1) is 12.1. The number of hydrogen-bond donors (Lipinski definition) is 2. The predicted octanol–water partition coefficient (Wildman–Crippen LogP) is 3.07. The van der Waals surface area contributed by atoms with Gasteiger partial charge in [0.25, 0.3) is 0 Å². The number of benzene rings is 1. The topological polar surface area (TPSA) is 60.2 Å². The summed E-state index contributed by atoms with van der Waals surface area (Å²) in [5.41, 5.74) is 3.61. The van der Waals surface area contributed by atoms with Crippen LogP contribution < -0.4 is 16.0 Å². The standard InChI is InChI=1S/C12H12IN3O/c1-8-9(13)4-2-5-10(8)17-11-6-3-7-15-12(11)16-14/h2-7H,14H2,1H3,(H,15,16). The smallest absolute Gasteiger partial charge is 0.183 e. The normalized spacial score (nSPS) is 10.1. The van der Waals surface area contributed by atoms with E-state index in [4.69, 9.17) is 10.6 Å². The molecule has 1 heterocycles. The lowest BCUT2D eigenvalue weighted by atomic mass is 10.2. The zero-order valence-electron chi connectivity index (χ0n) is 9.27. The average molecular weight is 341 g/mol. The summed E-state index contributed by atoms with van der Waals surface area (Å²) in [5.74, 6) is 7.32. The van der Waals surface area contributed by atoms with Crippen molar-refractivity contribution < 1.29 is 4.74 Å². The molecule has 0 amide bonds. The molecule has 0 saturated carbocycles. The Labute approximate surface area is 113 Å². The highest BCUT2D eigenvalue weighted by Crippen LogP contribution is 2.30. The van der Waals surface area contributed by atoms with E-state index in [-0.39, 0.29) is 0 Å². The Balaban J connectivity index is 2.35.